The van der Waals surface area contributed by atoms with E-state index in [1.807, 2.05) is 0 Å². The van der Waals surface area contributed by atoms with Crippen molar-refractivity contribution in [2.24, 2.45) is 11.8 Å². The van der Waals surface area contributed by atoms with E-state index in [0.717, 1.165) is 44.9 Å². The van der Waals surface area contributed by atoms with Crippen LogP contribution in [0.2, 0.25) is 0 Å². The molecule has 3 heteroatoms. The predicted octanol–water partition coefficient (Wildman–Crippen LogP) is 5.07. The fourth-order valence-corrected chi connectivity index (χ4v) is 3.64. The Bertz CT molecular complexity index is 325. The Balaban J connectivity index is 2.13. The van der Waals surface area contributed by atoms with Gasteiger partial charge in [0.2, 0.25) is 0 Å². The molecule has 0 radical (unpaired) electrons. The lowest BCUT2D eigenvalue weighted by atomic mass is 9.86. The molecule has 3 nitrogen and oxygen atoms in total. The first-order valence-electron chi connectivity index (χ1n) is 9.28. The standard InChI is InChI=1S/C19H34O3/c1-3-4-5-8-11-16-14-15-18(20)17(16)12-9-6-7-10-13-19(21)22-2/h16-17H,3-15H2,1-2H3/t16-,17?/m1/s1. The Morgan fingerprint density at radius 3 is 2.45 bits per heavy atom. The van der Waals surface area contributed by atoms with Crippen LogP contribution in [0.5, 0.6) is 0 Å². The van der Waals surface area contributed by atoms with Crippen LogP contribution in [0.25, 0.3) is 0 Å². The van der Waals surface area contributed by atoms with E-state index in [2.05, 4.69) is 11.7 Å². The number of methoxy groups -OCH3 is 1. The topological polar surface area (TPSA) is 43.4 Å². The molecule has 1 rings (SSSR count). The molecular formula is C19H34O3. The quantitative estimate of drug-likeness (QED) is 0.373. The highest BCUT2D eigenvalue weighted by atomic mass is 16.5. The Hall–Kier alpha value is -0.860. The first-order valence-corrected chi connectivity index (χ1v) is 9.28. The Kier molecular flexibility index (Phi) is 10.2. The molecule has 1 fully saturated rings. The van der Waals surface area contributed by atoms with Gasteiger partial charge in [-0.1, -0.05) is 51.9 Å². The summed E-state index contributed by atoms with van der Waals surface area (Å²) in [6.07, 6.45) is 14.2. The van der Waals surface area contributed by atoms with Gasteiger partial charge >= 0.3 is 5.97 Å². The lowest BCUT2D eigenvalue weighted by Gasteiger charge is -2.18. The fraction of sp³-hybridized carbons (Fsp3) is 0.895. The summed E-state index contributed by atoms with van der Waals surface area (Å²) >= 11 is 0. The van der Waals surface area contributed by atoms with Gasteiger partial charge in [0.15, 0.2) is 0 Å². The monoisotopic (exact) mass is 310 g/mol. The highest BCUT2D eigenvalue weighted by molar-refractivity contribution is 5.83. The largest absolute Gasteiger partial charge is 0.469 e. The van der Waals surface area contributed by atoms with Gasteiger partial charge in [-0.2, -0.15) is 0 Å². The van der Waals surface area contributed by atoms with Gasteiger partial charge in [-0.3, -0.25) is 9.59 Å². The van der Waals surface area contributed by atoms with Gasteiger partial charge in [-0.05, 0) is 31.6 Å². The molecule has 0 N–H and O–H groups in total. The lowest BCUT2D eigenvalue weighted by Crippen LogP contribution is -2.15. The predicted molar refractivity (Wildman–Crippen MR) is 89.7 cm³/mol. The summed E-state index contributed by atoms with van der Waals surface area (Å²) in [5.41, 5.74) is 0. The van der Waals surface area contributed by atoms with E-state index < -0.39 is 0 Å². The van der Waals surface area contributed by atoms with Gasteiger partial charge in [0.1, 0.15) is 5.78 Å². The summed E-state index contributed by atoms with van der Waals surface area (Å²) in [5.74, 6) is 1.38. The number of unbranched alkanes of at least 4 members (excludes halogenated alkanes) is 6. The van der Waals surface area contributed by atoms with Crippen molar-refractivity contribution in [1.29, 1.82) is 0 Å². The molecule has 0 aromatic heterocycles. The summed E-state index contributed by atoms with van der Waals surface area (Å²) in [5, 5.41) is 0. The molecule has 0 amide bonds. The third kappa shape index (κ3) is 7.42. The van der Waals surface area contributed by atoms with Crippen molar-refractivity contribution in [2.45, 2.75) is 90.4 Å². The maximum absolute atomic E-state index is 12.1. The molecule has 1 aliphatic rings. The molecule has 1 aliphatic carbocycles. The molecule has 1 unspecified atom stereocenters. The van der Waals surface area contributed by atoms with Gasteiger partial charge in [-0.15, -0.1) is 0 Å². The molecule has 0 aliphatic heterocycles. The third-order valence-corrected chi connectivity index (χ3v) is 5.05. The molecule has 1 saturated carbocycles. The number of carbonyl (C=O) groups excluding carboxylic acids is 2. The molecule has 0 heterocycles. The average molecular weight is 310 g/mol. The van der Waals surface area contributed by atoms with Crippen molar-refractivity contribution in [3.05, 3.63) is 0 Å². The van der Waals surface area contributed by atoms with Crippen LogP contribution in [0.15, 0.2) is 0 Å². The van der Waals surface area contributed by atoms with Crippen molar-refractivity contribution < 1.29 is 14.3 Å². The van der Waals surface area contributed by atoms with Gasteiger partial charge in [0, 0.05) is 18.8 Å². The summed E-state index contributed by atoms with van der Waals surface area (Å²) in [4.78, 5) is 23.1. The normalized spacial score (nSPS) is 21.3. The molecule has 0 bridgehead atoms. The third-order valence-electron chi connectivity index (χ3n) is 5.05. The number of Topliss-reactive ketones (excluding diaryl/α,β-unsaturated/α-hetero) is 1. The zero-order chi connectivity index (χ0) is 16.2. The Labute approximate surface area is 136 Å². The van der Waals surface area contributed by atoms with Crippen LogP contribution < -0.4 is 0 Å². The first-order chi connectivity index (χ1) is 10.7. The Morgan fingerprint density at radius 2 is 1.73 bits per heavy atom. The van der Waals surface area contributed by atoms with Gasteiger partial charge in [0.05, 0.1) is 7.11 Å². The molecule has 0 aromatic rings. The minimum Gasteiger partial charge on any atom is -0.469 e. The van der Waals surface area contributed by atoms with Crippen LogP contribution >= 0.6 is 0 Å². The first kappa shape index (κ1) is 19.2. The average Bonchev–Trinajstić information content (AvgIpc) is 2.87. The zero-order valence-electron chi connectivity index (χ0n) is 14.6. The number of esters is 1. The van der Waals surface area contributed by atoms with Crippen molar-refractivity contribution in [3.63, 3.8) is 0 Å². The van der Waals surface area contributed by atoms with Crippen LogP contribution in [0.3, 0.4) is 0 Å². The number of ketones is 1. The summed E-state index contributed by atoms with van der Waals surface area (Å²) in [6, 6.07) is 0. The molecule has 128 valence electrons. The SMILES string of the molecule is CCCCCC[C@@H]1CCC(=O)C1CCCCCCC(=O)OC. The number of carbonyl (C=O) groups is 2. The number of hydrogen-bond acceptors (Lipinski definition) is 3. The summed E-state index contributed by atoms with van der Waals surface area (Å²) in [7, 11) is 1.44. The number of rotatable bonds is 12. The summed E-state index contributed by atoms with van der Waals surface area (Å²) < 4.78 is 4.64. The van der Waals surface area contributed by atoms with Crippen molar-refractivity contribution in [3.8, 4) is 0 Å². The smallest absolute Gasteiger partial charge is 0.305 e. The molecule has 0 saturated heterocycles. The summed E-state index contributed by atoms with van der Waals surface area (Å²) in [6.45, 7) is 2.24. The minimum absolute atomic E-state index is 0.113. The second kappa shape index (κ2) is 11.7. The van der Waals surface area contributed by atoms with E-state index in [0.29, 0.717) is 24.0 Å². The maximum Gasteiger partial charge on any atom is 0.305 e. The van der Waals surface area contributed by atoms with Crippen LogP contribution in [0.4, 0.5) is 0 Å². The van der Waals surface area contributed by atoms with Crippen LogP contribution in [0.1, 0.15) is 90.4 Å². The van der Waals surface area contributed by atoms with Crippen LogP contribution in [-0.2, 0) is 14.3 Å². The lowest BCUT2D eigenvalue weighted by molar-refractivity contribution is -0.140. The number of hydrogen-bond donors (Lipinski definition) is 0. The van der Waals surface area contributed by atoms with Gasteiger partial charge < -0.3 is 4.74 Å². The Morgan fingerprint density at radius 1 is 1.05 bits per heavy atom. The van der Waals surface area contributed by atoms with E-state index >= 15 is 0 Å². The van der Waals surface area contributed by atoms with Gasteiger partial charge in [0.25, 0.3) is 0 Å². The molecular weight excluding hydrogens is 276 g/mol. The highest BCUT2D eigenvalue weighted by Gasteiger charge is 2.33. The van der Waals surface area contributed by atoms with Crippen molar-refractivity contribution in [1.82, 2.24) is 0 Å². The zero-order valence-corrected chi connectivity index (χ0v) is 14.6. The van der Waals surface area contributed by atoms with E-state index in [4.69, 9.17) is 0 Å². The van der Waals surface area contributed by atoms with Crippen LogP contribution in [0, 0.1) is 11.8 Å². The van der Waals surface area contributed by atoms with E-state index in [1.54, 1.807) is 0 Å². The molecule has 22 heavy (non-hydrogen) atoms. The van der Waals surface area contributed by atoms with Crippen LogP contribution in [-0.4, -0.2) is 18.9 Å². The second-order valence-corrected chi connectivity index (χ2v) is 6.75. The van der Waals surface area contributed by atoms with E-state index in [9.17, 15) is 9.59 Å². The second-order valence-electron chi connectivity index (χ2n) is 6.75. The highest BCUT2D eigenvalue weighted by Crippen LogP contribution is 2.36. The minimum atomic E-state index is -0.113. The van der Waals surface area contributed by atoms with E-state index in [-0.39, 0.29) is 5.97 Å². The molecule has 2 atom stereocenters. The fourth-order valence-electron chi connectivity index (χ4n) is 3.64. The van der Waals surface area contributed by atoms with E-state index in [1.165, 1.54) is 39.2 Å². The molecule has 0 spiro atoms. The van der Waals surface area contributed by atoms with Gasteiger partial charge in [-0.25, -0.2) is 0 Å². The number of ether oxygens (including phenoxy) is 1. The van der Waals surface area contributed by atoms with Crippen molar-refractivity contribution in [2.75, 3.05) is 7.11 Å². The maximum atomic E-state index is 12.1. The van der Waals surface area contributed by atoms with Crippen molar-refractivity contribution >= 4 is 11.8 Å². The molecule has 0 aromatic carbocycles.